The van der Waals surface area contributed by atoms with Crippen LogP contribution in [0.4, 0.5) is 5.13 Å². The molecule has 3 nitrogen and oxygen atoms in total. The second-order valence-corrected chi connectivity index (χ2v) is 4.63. The second-order valence-electron chi connectivity index (χ2n) is 3.90. The van der Waals surface area contributed by atoms with Gasteiger partial charge in [-0.1, -0.05) is 27.2 Å². The van der Waals surface area contributed by atoms with Gasteiger partial charge in [0.05, 0.1) is 0 Å². The first-order valence-electron chi connectivity index (χ1n) is 5.78. The zero-order valence-corrected chi connectivity index (χ0v) is 11.0. The first kappa shape index (κ1) is 12.4. The molecule has 0 N–H and O–H groups in total. The van der Waals surface area contributed by atoms with Crippen LogP contribution in [0.1, 0.15) is 39.9 Å². The van der Waals surface area contributed by atoms with Gasteiger partial charge < -0.3 is 4.90 Å². The number of aromatic nitrogens is 2. The predicted octanol–water partition coefficient (Wildman–Crippen LogP) is 2.97. The second kappa shape index (κ2) is 6.05. The monoisotopic (exact) mass is 227 g/mol. The highest BCUT2D eigenvalue weighted by Gasteiger charge is 2.12. The summed E-state index contributed by atoms with van der Waals surface area (Å²) in [5.74, 6) is 1.69. The molecule has 0 amide bonds. The molecular formula is C11H21N3S. The highest BCUT2D eigenvalue weighted by molar-refractivity contribution is 7.09. The van der Waals surface area contributed by atoms with Gasteiger partial charge in [-0.3, -0.25) is 0 Å². The molecular weight excluding hydrogens is 206 g/mol. The average molecular weight is 227 g/mol. The molecule has 1 atom stereocenters. The van der Waals surface area contributed by atoms with E-state index in [4.69, 9.17) is 0 Å². The SMILES string of the molecule is CCc1nsc(N(CC)CC(C)CC)n1. The van der Waals surface area contributed by atoms with E-state index in [0.29, 0.717) is 0 Å². The van der Waals surface area contributed by atoms with Crippen LogP contribution in [0.2, 0.25) is 0 Å². The quantitative estimate of drug-likeness (QED) is 0.748. The van der Waals surface area contributed by atoms with Gasteiger partial charge in [-0.2, -0.15) is 4.37 Å². The third kappa shape index (κ3) is 3.45. The third-order valence-corrected chi connectivity index (χ3v) is 3.47. The van der Waals surface area contributed by atoms with Crippen molar-refractivity contribution in [1.29, 1.82) is 0 Å². The van der Waals surface area contributed by atoms with Crippen LogP contribution in [0, 0.1) is 5.92 Å². The highest BCUT2D eigenvalue weighted by atomic mass is 32.1. The lowest BCUT2D eigenvalue weighted by Crippen LogP contribution is -2.27. The molecule has 1 aromatic heterocycles. The van der Waals surface area contributed by atoms with Crippen molar-refractivity contribution in [2.45, 2.75) is 40.5 Å². The Morgan fingerprint density at radius 1 is 1.33 bits per heavy atom. The van der Waals surface area contributed by atoms with Crippen molar-refractivity contribution in [3.63, 3.8) is 0 Å². The maximum Gasteiger partial charge on any atom is 0.205 e. The van der Waals surface area contributed by atoms with Crippen molar-refractivity contribution < 1.29 is 0 Å². The molecule has 0 aliphatic heterocycles. The lowest BCUT2D eigenvalue weighted by atomic mass is 10.1. The van der Waals surface area contributed by atoms with E-state index in [1.807, 2.05) is 0 Å². The summed E-state index contributed by atoms with van der Waals surface area (Å²) < 4.78 is 4.33. The standard InChI is InChI=1S/C11H21N3S/c1-5-9(4)8-14(7-3)11-12-10(6-2)13-15-11/h9H,5-8H2,1-4H3. The number of aryl methyl sites for hydroxylation is 1. The van der Waals surface area contributed by atoms with Gasteiger partial charge in [0.2, 0.25) is 5.13 Å². The Morgan fingerprint density at radius 3 is 2.53 bits per heavy atom. The van der Waals surface area contributed by atoms with E-state index in [1.165, 1.54) is 18.0 Å². The van der Waals surface area contributed by atoms with E-state index in [1.54, 1.807) is 0 Å². The molecule has 0 fully saturated rings. The van der Waals surface area contributed by atoms with Crippen molar-refractivity contribution in [2.24, 2.45) is 5.92 Å². The van der Waals surface area contributed by atoms with E-state index in [2.05, 4.69) is 42.0 Å². The molecule has 0 saturated heterocycles. The zero-order chi connectivity index (χ0) is 11.3. The van der Waals surface area contributed by atoms with Gasteiger partial charge in [-0.25, -0.2) is 4.98 Å². The van der Waals surface area contributed by atoms with Crippen LogP contribution in [0.5, 0.6) is 0 Å². The molecule has 0 aliphatic rings. The van der Waals surface area contributed by atoms with E-state index >= 15 is 0 Å². The highest BCUT2D eigenvalue weighted by Crippen LogP contribution is 2.19. The van der Waals surface area contributed by atoms with Crippen molar-refractivity contribution >= 4 is 16.7 Å². The summed E-state index contributed by atoms with van der Waals surface area (Å²) in [4.78, 5) is 6.84. The molecule has 86 valence electrons. The van der Waals surface area contributed by atoms with Crippen molar-refractivity contribution in [3.05, 3.63) is 5.82 Å². The fourth-order valence-corrected chi connectivity index (χ4v) is 2.19. The minimum atomic E-state index is 0.721. The lowest BCUT2D eigenvalue weighted by molar-refractivity contribution is 0.547. The van der Waals surface area contributed by atoms with E-state index in [9.17, 15) is 0 Å². The Balaban J connectivity index is 2.65. The van der Waals surface area contributed by atoms with Crippen LogP contribution < -0.4 is 4.90 Å². The van der Waals surface area contributed by atoms with Gasteiger partial charge in [0.1, 0.15) is 5.82 Å². The molecule has 0 bridgehead atoms. The third-order valence-electron chi connectivity index (χ3n) is 2.65. The molecule has 1 unspecified atom stereocenters. The van der Waals surface area contributed by atoms with Gasteiger partial charge in [0.15, 0.2) is 0 Å². The fraction of sp³-hybridized carbons (Fsp3) is 0.818. The molecule has 15 heavy (non-hydrogen) atoms. The summed E-state index contributed by atoms with van der Waals surface area (Å²) >= 11 is 1.52. The summed E-state index contributed by atoms with van der Waals surface area (Å²) in [7, 11) is 0. The van der Waals surface area contributed by atoms with Crippen LogP contribution in [0.15, 0.2) is 0 Å². The van der Waals surface area contributed by atoms with Crippen LogP contribution >= 0.6 is 11.5 Å². The fourth-order valence-electron chi connectivity index (χ4n) is 1.36. The summed E-state index contributed by atoms with van der Waals surface area (Å²) in [6.07, 6.45) is 2.15. The summed E-state index contributed by atoms with van der Waals surface area (Å²) in [5, 5.41) is 1.08. The van der Waals surface area contributed by atoms with Crippen molar-refractivity contribution in [3.8, 4) is 0 Å². The predicted molar refractivity (Wildman–Crippen MR) is 66.6 cm³/mol. The largest absolute Gasteiger partial charge is 0.347 e. The average Bonchev–Trinajstić information content (AvgIpc) is 2.73. The number of nitrogens with zero attached hydrogens (tertiary/aromatic N) is 3. The first-order valence-corrected chi connectivity index (χ1v) is 6.56. The van der Waals surface area contributed by atoms with Gasteiger partial charge in [-0.05, 0) is 12.8 Å². The summed E-state index contributed by atoms with van der Waals surface area (Å²) in [5.41, 5.74) is 0. The first-order chi connectivity index (χ1) is 7.21. The minimum Gasteiger partial charge on any atom is -0.347 e. The van der Waals surface area contributed by atoms with Crippen LogP contribution in [-0.2, 0) is 6.42 Å². The number of hydrogen-bond acceptors (Lipinski definition) is 4. The molecule has 0 aliphatic carbocycles. The molecule has 0 saturated carbocycles. The molecule has 1 aromatic rings. The topological polar surface area (TPSA) is 29.0 Å². The Hall–Kier alpha value is -0.640. The summed E-state index contributed by atoms with van der Waals surface area (Å²) in [6.45, 7) is 10.9. The molecule has 1 heterocycles. The van der Waals surface area contributed by atoms with Gasteiger partial charge in [-0.15, -0.1) is 0 Å². The molecule has 0 aromatic carbocycles. The Labute approximate surface area is 96.7 Å². The van der Waals surface area contributed by atoms with Crippen LogP contribution in [0.25, 0.3) is 0 Å². The van der Waals surface area contributed by atoms with E-state index in [0.717, 1.165) is 36.4 Å². The Bertz CT molecular complexity index is 285. The zero-order valence-electron chi connectivity index (χ0n) is 10.2. The normalized spacial score (nSPS) is 12.8. The van der Waals surface area contributed by atoms with E-state index in [-0.39, 0.29) is 0 Å². The number of hydrogen-bond donors (Lipinski definition) is 0. The lowest BCUT2D eigenvalue weighted by Gasteiger charge is -2.22. The van der Waals surface area contributed by atoms with Gasteiger partial charge in [0.25, 0.3) is 0 Å². The number of anilines is 1. The van der Waals surface area contributed by atoms with Crippen molar-refractivity contribution in [2.75, 3.05) is 18.0 Å². The smallest absolute Gasteiger partial charge is 0.205 e. The number of rotatable bonds is 6. The maximum absolute atomic E-state index is 4.52. The minimum absolute atomic E-state index is 0.721. The molecule has 1 rings (SSSR count). The van der Waals surface area contributed by atoms with Gasteiger partial charge >= 0.3 is 0 Å². The van der Waals surface area contributed by atoms with Crippen LogP contribution in [0.3, 0.4) is 0 Å². The molecule has 0 spiro atoms. The Kier molecular flexibility index (Phi) is 5.02. The van der Waals surface area contributed by atoms with Crippen molar-refractivity contribution in [1.82, 2.24) is 9.36 Å². The van der Waals surface area contributed by atoms with Gasteiger partial charge in [0, 0.05) is 31.0 Å². The summed E-state index contributed by atoms with van der Waals surface area (Å²) in [6, 6.07) is 0. The maximum atomic E-state index is 4.52. The molecule has 4 heteroatoms. The van der Waals surface area contributed by atoms with E-state index < -0.39 is 0 Å². The Morgan fingerprint density at radius 2 is 2.07 bits per heavy atom. The molecule has 0 radical (unpaired) electrons. The van der Waals surface area contributed by atoms with Crippen LogP contribution in [-0.4, -0.2) is 22.4 Å².